The number of hydrogen-bond acceptors (Lipinski definition) is 2. The van der Waals surface area contributed by atoms with Crippen LogP contribution in [0.2, 0.25) is 0 Å². The highest BCUT2D eigenvalue weighted by Gasteiger charge is 2.21. The Morgan fingerprint density at radius 1 is 1.15 bits per heavy atom. The van der Waals surface area contributed by atoms with Crippen LogP contribution in [0.5, 0.6) is 0 Å². The van der Waals surface area contributed by atoms with Gasteiger partial charge in [0.25, 0.3) is 0 Å². The van der Waals surface area contributed by atoms with Gasteiger partial charge in [-0.1, -0.05) is 30.3 Å². The van der Waals surface area contributed by atoms with E-state index in [1.807, 2.05) is 0 Å². The summed E-state index contributed by atoms with van der Waals surface area (Å²) in [4.78, 5) is 2.23. The van der Waals surface area contributed by atoms with Gasteiger partial charge in [0.1, 0.15) is 0 Å². The van der Waals surface area contributed by atoms with Crippen molar-refractivity contribution < 1.29 is 0 Å². The summed E-state index contributed by atoms with van der Waals surface area (Å²) < 4.78 is 2.49. The predicted molar refractivity (Wildman–Crippen MR) is 82.7 cm³/mol. The van der Waals surface area contributed by atoms with Crippen LogP contribution in [0.1, 0.15) is 23.0 Å². The van der Waals surface area contributed by atoms with E-state index in [9.17, 15) is 0 Å². The van der Waals surface area contributed by atoms with Crippen molar-refractivity contribution in [3.63, 3.8) is 0 Å². The van der Waals surface area contributed by atoms with Crippen LogP contribution in [0, 0.1) is 0 Å². The maximum Gasteiger partial charge on any atom is 0.0516 e. The monoisotopic (exact) mass is 269 g/mol. The Morgan fingerprint density at radius 2 is 1.95 bits per heavy atom. The summed E-state index contributed by atoms with van der Waals surface area (Å²) in [5.74, 6) is 0. The maximum absolute atomic E-state index is 3.66. The largest absolute Gasteiger partial charge is 0.345 e. The molecule has 1 atom stereocenters. The van der Waals surface area contributed by atoms with E-state index in [0.29, 0.717) is 6.04 Å². The van der Waals surface area contributed by atoms with Crippen LogP contribution in [0.25, 0.3) is 0 Å². The molecule has 0 fully saturated rings. The quantitative estimate of drug-likeness (QED) is 0.920. The number of rotatable bonds is 4. The van der Waals surface area contributed by atoms with Crippen molar-refractivity contribution in [2.24, 2.45) is 0 Å². The predicted octanol–water partition coefficient (Wildman–Crippen LogP) is 2.44. The van der Waals surface area contributed by atoms with Gasteiger partial charge in [-0.25, -0.2) is 0 Å². The van der Waals surface area contributed by atoms with Gasteiger partial charge in [0.15, 0.2) is 0 Å². The molecule has 0 aliphatic carbocycles. The minimum absolute atomic E-state index is 0.432. The fourth-order valence-corrected chi connectivity index (χ4v) is 3.05. The van der Waals surface area contributed by atoms with Gasteiger partial charge in [-0.05, 0) is 38.2 Å². The van der Waals surface area contributed by atoms with E-state index in [4.69, 9.17) is 0 Å². The lowest BCUT2D eigenvalue weighted by atomic mass is 10.0. The van der Waals surface area contributed by atoms with Crippen molar-refractivity contribution in [2.75, 3.05) is 20.6 Å². The highest BCUT2D eigenvalue weighted by Crippen LogP contribution is 2.24. The molecule has 106 valence electrons. The molecule has 3 heteroatoms. The van der Waals surface area contributed by atoms with Crippen LogP contribution in [-0.4, -0.2) is 30.1 Å². The van der Waals surface area contributed by atoms with Crippen molar-refractivity contribution in [1.29, 1.82) is 0 Å². The van der Waals surface area contributed by atoms with Crippen LogP contribution >= 0.6 is 0 Å². The Balaban J connectivity index is 1.82. The number of fused-ring (bicyclic) bond motifs is 1. The molecule has 1 unspecified atom stereocenters. The third-order valence-electron chi connectivity index (χ3n) is 3.95. The first-order valence-electron chi connectivity index (χ1n) is 7.34. The lowest BCUT2D eigenvalue weighted by molar-refractivity contribution is 0.365. The molecule has 0 spiro atoms. The molecule has 0 saturated heterocycles. The SMILES string of the molecule is CN(C)Cc1ccc2n1CCNC2Cc1ccccc1. The minimum atomic E-state index is 0.432. The molecule has 0 bridgehead atoms. The molecule has 3 nitrogen and oxygen atoms in total. The van der Waals surface area contributed by atoms with Gasteiger partial charge < -0.3 is 14.8 Å². The van der Waals surface area contributed by atoms with Crippen LogP contribution in [0.4, 0.5) is 0 Å². The van der Waals surface area contributed by atoms with Crippen molar-refractivity contribution >= 4 is 0 Å². The molecular weight excluding hydrogens is 246 g/mol. The summed E-state index contributed by atoms with van der Waals surface area (Å²) in [5, 5.41) is 3.66. The number of nitrogens with one attached hydrogen (secondary N) is 1. The van der Waals surface area contributed by atoms with E-state index in [1.165, 1.54) is 17.0 Å². The Bertz CT molecular complexity index is 557. The fourth-order valence-electron chi connectivity index (χ4n) is 3.05. The van der Waals surface area contributed by atoms with Crippen molar-refractivity contribution in [3.8, 4) is 0 Å². The van der Waals surface area contributed by atoms with Crippen LogP contribution in [-0.2, 0) is 19.5 Å². The van der Waals surface area contributed by atoms with Crippen LogP contribution in [0.15, 0.2) is 42.5 Å². The number of benzene rings is 1. The van der Waals surface area contributed by atoms with E-state index in [0.717, 1.165) is 26.1 Å². The number of aromatic nitrogens is 1. The third kappa shape index (κ3) is 2.79. The van der Waals surface area contributed by atoms with Crippen molar-refractivity contribution in [1.82, 2.24) is 14.8 Å². The standard InChI is InChI=1S/C17H23N3/c1-19(2)13-15-8-9-17-16(18-10-11-20(15)17)12-14-6-4-3-5-7-14/h3-9,16,18H,10-13H2,1-2H3. The first-order chi connectivity index (χ1) is 9.74. The first-order valence-corrected chi connectivity index (χ1v) is 7.34. The van der Waals surface area contributed by atoms with Crippen LogP contribution in [0.3, 0.4) is 0 Å². The average Bonchev–Trinajstić information content (AvgIpc) is 2.84. The Morgan fingerprint density at radius 3 is 2.70 bits per heavy atom. The van der Waals surface area contributed by atoms with Gasteiger partial charge >= 0.3 is 0 Å². The second kappa shape index (κ2) is 5.81. The zero-order valence-electron chi connectivity index (χ0n) is 12.3. The maximum atomic E-state index is 3.66. The lowest BCUT2D eigenvalue weighted by Crippen LogP contribution is -2.35. The molecule has 0 saturated carbocycles. The molecule has 0 radical (unpaired) electrons. The average molecular weight is 269 g/mol. The molecule has 1 aliphatic heterocycles. The smallest absolute Gasteiger partial charge is 0.0516 e. The van der Waals surface area contributed by atoms with Gasteiger partial charge in [0.05, 0.1) is 6.04 Å². The zero-order chi connectivity index (χ0) is 13.9. The molecule has 20 heavy (non-hydrogen) atoms. The fraction of sp³-hybridized carbons (Fsp3) is 0.412. The summed E-state index contributed by atoms with van der Waals surface area (Å²) in [5.41, 5.74) is 4.25. The van der Waals surface area contributed by atoms with Gasteiger partial charge in [-0.15, -0.1) is 0 Å². The number of hydrogen-bond donors (Lipinski definition) is 1. The summed E-state index contributed by atoms with van der Waals surface area (Å²) in [6.07, 6.45) is 1.06. The van der Waals surface area contributed by atoms with Gasteiger partial charge in [-0.3, -0.25) is 0 Å². The first kappa shape index (κ1) is 13.4. The lowest BCUT2D eigenvalue weighted by Gasteiger charge is -2.28. The second-order valence-electron chi connectivity index (χ2n) is 5.84. The minimum Gasteiger partial charge on any atom is -0.345 e. The molecule has 1 aromatic heterocycles. The molecule has 3 rings (SSSR count). The Kier molecular flexibility index (Phi) is 3.90. The van der Waals surface area contributed by atoms with Gasteiger partial charge in [0.2, 0.25) is 0 Å². The van der Waals surface area contributed by atoms with E-state index < -0.39 is 0 Å². The second-order valence-corrected chi connectivity index (χ2v) is 5.84. The highest BCUT2D eigenvalue weighted by molar-refractivity contribution is 5.25. The van der Waals surface area contributed by atoms with E-state index in [2.05, 4.69) is 71.3 Å². The molecule has 2 heterocycles. The molecule has 0 amide bonds. The summed E-state index contributed by atoms with van der Waals surface area (Å²) in [7, 11) is 4.25. The van der Waals surface area contributed by atoms with E-state index in [-0.39, 0.29) is 0 Å². The summed E-state index contributed by atoms with van der Waals surface area (Å²) in [6, 6.07) is 15.7. The number of nitrogens with zero attached hydrogens (tertiary/aromatic N) is 2. The summed E-state index contributed by atoms with van der Waals surface area (Å²) in [6.45, 7) is 3.15. The molecular formula is C17H23N3. The summed E-state index contributed by atoms with van der Waals surface area (Å²) >= 11 is 0. The van der Waals surface area contributed by atoms with Gasteiger partial charge in [0, 0.05) is 31.0 Å². The Hall–Kier alpha value is -1.58. The van der Waals surface area contributed by atoms with Crippen LogP contribution < -0.4 is 5.32 Å². The molecule has 1 aromatic carbocycles. The van der Waals surface area contributed by atoms with E-state index in [1.54, 1.807) is 0 Å². The topological polar surface area (TPSA) is 20.2 Å². The Labute approximate surface area is 121 Å². The normalized spacial score (nSPS) is 18.2. The van der Waals surface area contributed by atoms with E-state index >= 15 is 0 Å². The van der Waals surface area contributed by atoms with Gasteiger partial charge in [-0.2, -0.15) is 0 Å². The third-order valence-corrected chi connectivity index (χ3v) is 3.95. The molecule has 2 aromatic rings. The zero-order valence-corrected chi connectivity index (χ0v) is 12.3. The van der Waals surface area contributed by atoms with Crippen molar-refractivity contribution in [3.05, 3.63) is 59.4 Å². The highest BCUT2D eigenvalue weighted by atomic mass is 15.1. The molecule has 1 aliphatic rings. The van der Waals surface area contributed by atoms with Crippen molar-refractivity contribution in [2.45, 2.75) is 25.6 Å². The molecule has 1 N–H and O–H groups in total.